The summed E-state index contributed by atoms with van der Waals surface area (Å²) < 4.78 is 30.2. The molecule has 138 valence electrons. The highest BCUT2D eigenvalue weighted by Gasteiger charge is 2.44. The summed E-state index contributed by atoms with van der Waals surface area (Å²) in [7, 11) is -3.80. The van der Waals surface area contributed by atoms with Crippen molar-refractivity contribution in [2.75, 3.05) is 12.9 Å². The van der Waals surface area contributed by atoms with Crippen LogP contribution in [-0.2, 0) is 24.3 Å². The van der Waals surface area contributed by atoms with E-state index in [0.29, 0.717) is 0 Å². The molecule has 1 aliphatic heterocycles. The van der Waals surface area contributed by atoms with Gasteiger partial charge in [0.15, 0.2) is 0 Å². The second-order valence-corrected chi connectivity index (χ2v) is 7.08. The van der Waals surface area contributed by atoms with E-state index < -0.39 is 64.7 Å². The molecule has 0 radical (unpaired) electrons. The van der Waals surface area contributed by atoms with Gasteiger partial charge in [0.1, 0.15) is 18.3 Å². The molecule has 1 amide bonds. The van der Waals surface area contributed by atoms with Crippen LogP contribution < -0.4 is 10.0 Å². The highest BCUT2D eigenvalue weighted by Crippen LogP contribution is 2.23. The van der Waals surface area contributed by atoms with Crippen LogP contribution in [0.15, 0.2) is 11.8 Å². The lowest BCUT2D eigenvalue weighted by Crippen LogP contribution is -2.63. The average Bonchev–Trinajstić information content (AvgIpc) is 2.44. The minimum atomic E-state index is -3.80. The summed E-state index contributed by atoms with van der Waals surface area (Å²) in [5, 5.41) is 40.0. The number of hydrogen-bond acceptors (Lipinski definition) is 8. The number of ether oxygens (including phenoxy) is 1. The number of carbonyl (C=O) groups is 2. The number of amides is 1. The first-order valence-electron chi connectivity index (χ1n) is 6.79. The van der Waals surface area contributed by atoms with Gasteiger partial charge in [-0.3, -0.25) is 4.79 Å². The first-order valence-corrected chi connectivity index (χ1v) is 8.68. The number of aliphatic hydroxyl groups is 3. The van der Waals surface area contributed by atoms with Gasteiger partial charge in [-0.05, 0) is 6.08 Å². The number of aliphatic carboxylic acids is 1. The van der Waals surface area contributed by atoms with Crippen molar-refractivity contribution in [2.45, 2.75) is 37.3 Å². The first-order chi connectivity index (χ1) is 11.0. The van der Waals surface area contributed by atoms with E-state index in [1.807, 2.05) is 0 Å². The minimum absolute atomic E-state index is 0.605. The molecule has 11 nitrogen and oxygen atoms in total. The Bertz CT molecular complexity index is 618. The van der Waals surface area contributed by atoms with Gasteiger partial charge < -0.3 is 30.5 Å². The molecule has 0 spiro atoms. The molecule has 12 heteroatoms. The quantitative estimate of drug-likeness (QED) is 0.265. The third kappa shape index (κ3) is 5.42. The second kappa shape index (κ2) is 7.90. The minimum Gasteiger partial charge on any atom is -0.478 e. The predicted octanol–water partition coefficient (Wildman–Crippen LogP) is -3.51. The van der Waals surface area contributed by atoms with Crippen LogP contribution in [0.25, 0.3) is 0 Å². The molecule has 0 fully saturated rings. The molecule has 0 unspecified atom stereocenters. The SMILES string of the molecule is CC(=O)N[C@H]1[C@H]([C@H](O)[C@H](O)CO)OC(C(=O)O)=C[C@H]1NS(C)(=O)=O. The van der Waals surface area contributed by atoms with Crippen LogP contribution in [0.1, 0.15) is 6.92 Å². The molecular formula is C12H20N2O9S. The van der Waals surface area contributed by atoms with Crippen LogP contribution in [0, 0.1) is 0 Å². The summed E-state index contributed by atoms with van der Waals surface area (Å²) in [5.41, 5.74) is 0. The Labute approximate surface area is 138 Å². The lowest BCUT2D eigenvalue weighted by atomic mass is 9.92. The van der Waals surface area contributed by atoms with E-state index in [1.165, 1.54) is 0 Å². The molecule has 1 rings (SSSR count). The van der Waals surface area contributed by atoms with Gasteiger partial charge >= 0.3 is 5.97 Å². The van der Waals surface area contributed by atoms with E-state index in [4.69, 9.17) is 14.9 Å². The van der Waals surface area contributed by atoms with E-state index in [-0.39, 0.29) is 0 Å². The Morgan fingerprint density at radius 2 is 1.96 bits per heavy atom. The molecule has 24 heavy (non-hydrogen) atoms. The van der Waals surface area contributed by atoms with Crippen molar-refractivity contribution in [3.05, 3.63) is 11.8 Å². The molecule has 5 atom stereocenters. The fourth-order valence-corrected chi connectivity index (χ4v) is 2.93. The molecule has 1 heterocycles. The van der Waals surface area contributed by atoms with Gasteiger partial charge in [-0.1, -0.05) is 0 Å². The van der Waals surface area contributed by atoms with Crippen LogP contribution in [0.4, 0.5) is 0 Å². The van der Waals surface area contributed by atoms with E-state index >= 15 is 0 Å². The average molecular weight is 368 g/mol. The van der Waals surface area contributed by atoms with E-state index in [0.717, 1.165) is 19.3 Å². The van der Waals surface area contributed by atoms with Crippen molar-refractivity contribution in [1.82, 2.24) is 10.0 Å². The molecule has 1 aliphatic rings. The predicted molar refractivity (Wildman–Crippen MR) is 79.1 cm³/mol. The van der Waals surface area contributed by atoms with Crippen molar-refractivity contribution in [3.8, 4) is 0 Å². The highest BCUT2D eigenvalue weighted by atomic mass is 32.2. The molecule has 6 N–H and O–H groups in total. The summed E-state index contributed by atoms with van der Waals surface area (Å²) >= 11 is 0. The third-order valence-corrected chi connectivity index (χ3v) is 3.88. The number of hydrogen-bond donors (Lipinski definition) is 6. The maximum absolute atomic E-state index is 11.5. The van der Waals surface area contributed by atoms with Crippen LogP contribution in [0.3, 0.4) is 0 Å². The normalized spacial score (nSPS) is 26.7. The van der Waals surface area contributed by atoms with Gasteiger partial charge in [-0.2, -0.15) is 0 Å². The zero-order valence-corrected chi connectivity index (χ0v) is 13.7. The third-order valence-electron chi connectivity index (χ3n) is 3.18. The zero-order valence-electron chi connectivity index (χ0n) is 12.9. The maximum Gasteiger partial charge on any atom is 0.370 e. The largest absolute Gasteiger partial charge is 0.478 e. The van der Waals surface area contributed by atoms with Crippen molar-refractivity contribution >= 4 is 21.9 Å². The number of carboxylic acid groups (broad SMARTS) is 1. The van der Waals surface area contributed by atoms with Gasteiger partial charge in [0.2, 0.25) is 21.7 Å². The number of aliphatic hydroxyl groups excluding tert-OH is 3. The van der Waals surface area contributed by atoms with E-state index in [2.05, 4.69) is 10.0 Å². The number of carbonyl (C=O) groups excluding carboxylic acids is 1. The fraction of sp³-hybridized carbons (Fsp3) is 0.667. The molecule has 0 aromatic rings. The van der Waals surface area contributed by atoms with Crippen molar-refractivity contribution in [1.29, 1.82) is 0 Å². The molecule has 0 saturated heterocycles. The Hall–Kier alpha value is -1.73. The topological polar surface area (TPSA) is 182 Å². The molecule has 0 bridgehead atoms. The van der Waals surface area contributed by atoms with Gasteiger partial charge in [-0.25, -0.2) is 17.9 Å². The van der Waals surface area contributed by atoms with Gasteiger partial charge in [0, 0.05) is 6.92 Å². The molecule has 0 aromatic heterocycles. The van der Waals surface area contributed by atoms with Crippen LogP contribution in [0.5, 0.6) is 0 Å². The Morgan fingerprint density at radius 1 is 1.38 bits per heavy atom. The number of carboxylic acids is 1. The number of sulfonamides is 1. The molecule has 0 aromatic carbocycles. The number of rotatable bonds is 7. The molecule has 0 saturated carbocycles. The monoisotopic (exact) mass is 368 g/mol. The van der Waals surface area contributed by atoms with Crippen LogP contribution in [0.2, 0.25) is 0 Å². The summed E-state index contributed by atoms with van der Waals surface area (Å²) in [6.45, 7) is 0.268. The highest BCUT2D eigenvalue weighted by molar-refractivity contribution is 7.88. The zero-order chi connectivity index (χ0) is 18.7. The Morgan fingerprint density at radius 3 is 2.38 bits per heavy atom. The lowest BCUT2D eigenvalue weighted by Gasteiger charge is -2.39. The lowest BCUT2D eigenvalue weighted by molar-refractivity contribution is -0.146. The van der Waals surface area contributed by atoms with E-state index in [1.54, 1.807) is 0 Å². The summed E-state index contributed by atoms with van der Waals surface area (Å²) in [6.07, 6.45) is -3.25. The fourth-order valence-electron chi connectivity index (χ4n) is 2.22. The van der Waals surface area contributed by atoms with Gasteiger partial charge in [0.05, 0.1) is 24.9 Å². The number of nitrogens with one attached hydrogen (secondary N) is 2. The summed E-state index contributed by atoms with van der Waals surface area (Å²) in [4.78, 5) is 22.5. The maximum atomic E-state index is 11.5. The first kappa shape index (κ1) is 20.3. The van der Waals surface area contributed by atoms with Crippen molar-refractivity contribution in [2.24, 2.45) is 0 Å². The Balaban J connectivity index is 3.30. The second-order valence-electron chi connectivity index (χ2n) is 5.30. The Kier molecular flexibility index (Phi) is 6.68. The van der Waals surface area contributed by atoms with Crippen molar-refractivity contribution in [3.63, 3.8) is 0 Å². The van der Waals surface area contributed by atoms with Crippen LogP contribution >= 0.6 is 0 Å². The smallest absolute Gasteiger partial charge is 0.370 e. The summed E-state index contributed by atoms with van der Waals surface area (Å²) in [6, 6.07) is -2.48. The standard InChI is InChI=1S/C12H20N2O9S/c1-5(16)13-9-6(14-24(2,21)22)3-8(12(19)20)23-11(9)10(18)7(17)4-15/h3,6-7,9-11,14-15,17-18H,4H2,1-2H3,(H,13,16)(H,19,20)/t6-,7-,9-,10-,11-/m1/s1. The van der Waals surface area contributed by atoms with E-state index in [9.17, 15) is 28.2 Å². The van der Waals surface area contributed by atoms with Crippen LogP contribution in [-0.4, -0.2) is 84.0 Å². The molecule has 0 aliphatic carbocycles. The van der Waals surface area contributed by atoms with Gasteiger partial charge in [0.25, 0.3) is 0 Å². The van der Waals surface area contributed by atoms with Crippen molar-refractivity contribution < 1.29 is 43.2 Å². The molecular weight excluding hydrogens is 348 g/mol. The summed E-state index contributed by atoms with van der Waals surface area (Å²) in [5.74, 6) is -2.81. The van der Waals surface area contributed by atoms with Gasteiger partial charge in [-0.15, -0.1) is 0 Å².